The normalized spacial score (nSPS) is 0. The highest BCUT2D eigenvalue weighted by atomic mass is 14.0. The predicted octanol–water partition coefficient (Wildman–Crippen LogP) is -0.637. The first kappa shape index (κ1) is 42.0. The van der Waals surface area contributed by atoms with Crippen LogP contribution in [0.2, 0.25) is 0 Å². The van der Waals surface area contributed by atoms with Crippen LogP contribution in [0.25, 0.3) is 0 Å². The fourth-order valence-corrected chi connectivity index (χ4v) is 0. The standard InChI is InChI=1S/2H3N.2N/h2*1H3;;/q;;2*+3. The van der Waals surface area contributed by atoms with E-state index in [2.05, 4.69) is 0 Å². The summed E-state index contributed by atoms with van der Waals surface area (Å²) in [4.78, 5) is 0. The molecule has 0 aromatic carbocycles. The minimum Gasteiger partial charge on any atom is -0.344 e. The first-order valence-electron chi connectivity index (χ1n) is 0. The third-order valence-electron chi connectivity index (χ3n) is 0. The topological polar surface area (TPSA) is 131 Å². The maximum Gasteiger partial charge on any atom is 3.00 e. The number of hydrogen-bond acceptors (Lipinski definition) is 2. The van der Waals surface area contributed by atoms with Gasteiger partial charge in [0.2, 0.25) is 0 Å². The highest BCUT2D eigenvalue weighted by Gasteiger charge is 3.00. The zero-order valence-corrected chi connectivity index (χ0v) is 2.31. The smallest absolute Gasteiger partial charge is 0.344 e. The van der Waals surface area contributed by atoms with Crippen molar-refractivity contribution in [3.63, 3.8) is 0 Å². The first-order chi connectivity index (χ1) is 0. The molecule has 0 aliphatic carbocycles. The van der Waals surface area contributed by atoms with Gasteiger partial charge in [-0.15, -0.1) is 0 Å². The Hall–Kier alpha value is -0.660. The van der Waals surface area contributed by atoms with E-state index in [1.807, 2.05) is 0 Å². The summed E-state index contributed by atoms with van der Waals surface area (Å²) < 4.78 is 0. The van der Waals surface area contributed by atoms with Crippen LogP contribution in [-0.4, -0.2) is 0 Å². The van der Waals surface area contributed by atoms with E-state index in [-0.39, 0.29) is 24.6 Å². The Bertz CT molecular complexity index is 0. The summed E-state index contributed by atoms with van der Waals surface area (Å²) in [5.41, 5.74) is 0. The Labute approximate surface area is 25.9 Å². The molecule has 0 saturated carbocycles. The van der Waals surface area contributed by atoms with Gasteiger partial charge in [-0.1, -0.05) is 0 Å². The van der Waals surface area contributed by atoms with E-state index in [0.717, 1.165) is 0 Å². The third-order valence-corrected chi connectivity index (χ3v) is 0. The van der Waals surface area contributed by atoms with Crippen molar-refractivity contribution < 1.29 is 0 Å². The number of rotatable bonds is 0. The highest BCUT2D eigenvalue weighted by molar-refractivity contribution is 2.14. The maximum atomic E-state index is 0. The van der Waals surface area contributed by atoms with Gasteiger partial charge in [-0.2, -0.15) is 0 Å². The summed E-state index contributed by atoms with van der Waals surface area (Å²) in [6.45, 7) is 0. The van der Waals surface area contributed by atoms with Crippen LogP contribution in [0.3, 0.4) is 0 Å². The zero-order valence-electron chi connectivity index (χ0n) is 2.31. The van der Waals surface area contributed by atoms with Crippen LogP contribution in [0.1, 0.15) is 0 Å². The molecule has 0 heterocycles. The van der Waals surface area contributed by atoms with Crippen molar-refractivity contribution >= 4 is 0 Å². The van der Waals surface area contributed by atoms with Crippen molar-refractivity contribution in [3.8, 4) is 0 Å². The molecule has 4 nitrogen and oxygen atoms in total. The lowest BCUT2D eigenvalue weighted by Gasteiger charge is -0.345. The van der Waals surface area contributed by atoms with Crippen molar-refractivity contribution in [3.05, 3.63) is 0 Å². The van der Waals surface area contributed by atoms with Crippen molar-refractivity contribution in [1.82, 2.24) is 24.6 Å². The molecule has 4 heavy (non-hydrogen) atoms. The minimum absolute atomic E-state index is 0. The van der Waals surface area contributed by atoms with Crippen LogP contribution >= 0.6 is 0 Å². The van der Waals surface area contributed by atoms with Crippen molar-refractivity contribution in [2.24, 2.45) is 0 Å². The molecule has 4 heteroatoms. The molecule has 0 unspecified atom stereocenters. The Kier molecular flexibility index (Phi) is 101. The lowest BCUT2D eigenvalue weighted by Crippen LogP contribution is -0.482. The summed E-state index contributed by atoms with van der Waals surface area (Å²) in [5, 5.41) is 0. The Morgan fingerprint density at radius 1 is 0.500 bits per heavy atom. The zero-order chi connectivity index (χ0) is 0. The average molecular weight is 62.1 g/mol. The molecular weight excluding hydrogens is 56.0 g/mol. The van der Waals surface area contributed by atoms with Crippen LogP contribution in [-0.2, 0) is 0 Å². The van der Waals surface area contributed by atoms with E-state index in [9.17, 15) is 0 Å². The maximum absolute atomic E-state index is 0. The summed E-state index contributed by atoms with van der Waals surface area (Å²) in [7, 11) is 0. The van der Waals surface area contributed by atoms with E-state index in [0.29, 0.717) is 0 Å². The average Bonchev–Trinajstić information content (AvgIpc) is 0. The molecule has 0 rings (SSSR count). The number of hydrogen-bond donors (Lipinski definition) is 2. The molecule has 0 fully saturated rings. The Balaban J connectivity index is 0. The van der Waals surface area contributed by atoms with Gasteiger partial charge in [0, 0.05) is 0 Å². The highest BCUT2D eigenvalue weighted by Crippen LogP contribution is -0.478. The lowest BCUT2D eigenvalue weighted by molar-refractivity contribution is 2.13. The van der Waals surface area contributed by atoms with Gasteiger partial charge >= 0.3 is 12.3 Å². The largest absolute Gasteiger partial charge is 3.00 e. The van der Waals surface area contributed by atoms with Gasteiger partial charge in [-0.25, -0.2) is 0 Å². The Morgan fingerprint density at radius 2 is 0.500 bits per heavy atom. The fraction of sp³-hybridized carbons (Fsp3) is 0. The van der Waals surface area contributed by atoms with Crippen LogP contribution in [0.4, 0.5) is 0 Å². The molecule has 20 valence electrons. The van der Waals surface area contributed by atoms with Gasteiger partial charge in [0.15, 0.2) is 0 Å². The van der Waals surface area contributed by atoms with Gasteiger partial charge in [0.05, 0.1) is 0 Å². The molecule has 4 radical (unpaired) electrons. The van der Waals surface area contributed by atoms with E-state index in [1.165, 1.54) is 0 Å². The summed E-state index contributed by atoms with van der Waals surface area (Å²) >= 11 is 0. The van der Waals surface area contributed by atoms with Crippen LogP contribution in [0.15, 0.2) is 0 Å². The van der Waals surface area contributed by atoms with Crippen LogP contribution in [0, 0.1) is 0 Å². The predicted molar refractivity (Wildman–Crippen MR) is 14.3 cm³/mol. The molecule has 0 aliphatic rings. The third kappa shape index (κ3) is 0.356. The monoisotopic (exact) mass is 62.1 g/mol. The summed E-state index contributed by atoms with van der Waals surface area (Å²) in [5.74, 6) is 0. The molecule has 0 atom stereocenters. The molecule has 0 amide bonds. The van der Waals surface area contributed by atoms with Gasteiger partial charge in [0.1, 0.15) is 0 Å². The van der Waals surface area contributed by atoms with Gasteiger partial charge in [0.25, 0.3) is 0 Å². The van der Waals surface area contributed by atoms with Gasteiger partial charge < -0.3 is 12.3 Å². The second-order valence-corrected chi connectivity index (χ2v) is 0. The molecule has 6 N–H and O–H groups in total. The Morgan fingerprint density at radius 3 is 0.500 bits per heavy atom. The molecule has 0 aromatic heterocycles. The van der Waals surface area contributed by atoms with Gasteiger partial charge in [-0.3, -0.25) is 0 Å². The van der Waals surface area contributed by atoms with E-state index < -0.39 is 0 Å². The quantitative estimate of drug-likeness (QED) is 0.386. The summed E-state index contributed by atoms with van der Waals surface area (Å²) in [6.07, 6.45) is 0. The minimum atomic E-state index is 0. The number of nitrogens with zero attached hydrogens (tertiary/aromatic N) is 2. The van der Waals surface area contributed by atoms with E-state index in [4.69, 9.17) is 0 Å². The molecular formula is H6N4+6. The van der Waals surface area contributed by atoms with Crippen LogP contribution < -0.4 is 24.6 Å². The van der Waals surface area contributed by atoms with E-state index >= 15 is 0 Å². The second-order valence-electron chi connectivity index (χ2n) is 0. The molecule has 0 bridgehead atoms. The SMILES string of the molecule is N.N.[N+3].[N+3]. The van der Waals surface area contributed by atoms with Crippen molar-refractivity contribution in [1.29, 1.82) is 0 Å². The lowest BCUT2D eigenvalue weighted by atomic mass is 14.0. The first-order valence-corrected chi connectivity index (χ1v) is 0. The molecule has 0 saturated heterocycles. The van der Waals surface area contributed by atoms with Gasteiger partial charge in [-0.05, 0) is 0 Å². The van der Waals surface area contributed by atoms with Crippen molar-refractivity contribution in [2.45, 2.75) is 0 Å². The second kappa shape index (κ2) is 9.65. The summed E-state index contributed by atoms with van der Waals surface area (Å²) in [6, 6.07) is 0. The fourth-order valence-electron chi connectivity index (χ4n) is 0. The van der Waals surface area contributed by atoms with E-state index in [1.54, 1.807) is 0 Å². The molecule has 0 aromatic rings. The van der Waals surface area contributed by atoms with Crippen molar-refractivity contribution in [2.75, 3.05) is 0 Å². The molecule has 0 aliphatic heterocycles. The van der Waals surface area contributed by atoms with Crippen LogP contribution in [0.5, 0.6) is 0 Å². The molecule has 0 spiro atoms.